The molecule has 25 heavy (non-hydrogen) atoms. The second-order valence-electron chi connectivity index (χ2n) is 5.41. The van der Waals surface area contributed by atoms with Gasteiger partial charge in [0.1, 0.15) is 0 Å². The Balaban J connectivity index is 1.67. The third kappa shape index (κ3) is 4.51. The molecule has 0 radical (unpaired) electrons. The van der Waals surface area contributed by atoms with Crippen LogP contribution in [0.25, 0.3) is 0 Å². The molecule has 3 rings (SSSR count). The number of carbonyl (C=O) groups is 1. The molecule has 1 N–H and O–H groups in total. The number of rotatable bonds is 5. The number of carbonyl (C=O) groups excluding carboxylic acids is 1. The van der Waals surface area contributed by atoms with Gasteiger partial charge >= 0.3 is 0 Å². The van der Waals surface area contributed by atoms with Crippen molar-refractivity contribution in [2.24, 2.45) is 0 Å². The van der Waals surface area contributed by atoms with Gasteiger partial charge in [-0.2, -0.15) is 0 Å². The van der Waals surface area contributed by atoms with Crippen LogP contribution in [0.1, 0.15) is 16.1 Å². The van der Waals surface area contributed by atoms with Crippen LogP contribution in [0.3, 0.4) is 0 Å². The van der Waals surface area contributed by atoms with E-state index in [1.807, 2.05) is 5.38 Å². The lowest BCUT2D eigenvalue weighted by Crippen LogP contribution is -2.35. The average molecular weight is 383 g/mol. The first-order valence-electron chi connectivity index (χ1n) is 7.53. The van der Waals surface area contributed by atoms with Crippen molar-refractivity contribution in [1.29, 1.82) is 0 Å². The number of nitrogens with zero attached hydrogens (tertiary/aromatic N) is 3. The summed E-state index contributed by atoms with van der Waals surface area (Å²) in [5.41, 5.74) is 0.704. The van der Waals surface area contributed by atoms with Crippen LogP contribution in [0.2, 0.25) is 5.02 Å². The van der Waals surface area contributed by atoms with E-state index in [0.717, 1.165) is 24.8 Å². The number of nitro benzene ring substituents is 1. The van der Waals surface area contributed by atoms with Gasteiger partial charge < -0.3 is 4.74 Å². The second-order valence-corrected chi connectivity index (χ2v) is 6.67. The van der Waals surface area contributed by atoms with Crippen LogP contribution < -0.4 is 5.32 Å². The summed E-state index contributed by atoms with van der Waals surface area (Å²) >= 11 is 7.28. The fraction of sp³-hybridized carbons (Fsp3) is 0.333. The summed E-state index contributed by atoms with van der Waals surface area (Å²) in [4.78, 5) is 29.2. The van der Waals surface area contributed by atoms with Crippen molar-refractivity contribution in [3.8, 4) is 0 Å². The molecule has 2 heterocycles. The van der Waals surface area contributed by atoms with E-state index in [0.29, 0.717) is 24.9 Å². The van der Waals surface area contributed by atoms with E-state index in [9.17, 15) is 14.9 Å². The third-order valence-electron chi connectivity index (χ3n) is 3.67. The Morgan fingerprint density at radius 1 is 1.44 bits per heavy atom. The van der Waals surface area contributed by atoms with Crippen LogP contribution >= 0.6 is 22.9 Å². The maximum absolute atomic E-state index is 12.3. The summed E-state index contributed by atoms with van der Waals surface area (Å²) in [6, 6.07) is 3.74. The first-order valence-corrected chi connectivity index (χ1v) is 8.78. The van der Waals surface area contributed by atoms with E-state index in [2.05, 4.69) is 15.2 Å². The molecule has 1 aromatic carbocycles. The molecule has 1 fully saturated rings. The van der Waals surface area contributed by atoms with Crippen LogP contribution in [-0.4, -0.2) is 47.0 Å². The van der Waals surface area contributed by atoms with Crippen LogP contribution in [0.5, 0.6) is 0 Å². The zero-order valence-electron chi connectivity index (χ0n) is 13.1. The number of morpholine rings is 1. The highest BCUT2D eigenvalue weighted by molar-refractivity contribution is 7.14. The molecule has 1 aromatic heterocycles. The number of non-ortho nitro benzene ring substituents is 1. The lowest BCUT2D eigenvalue weighted by Gasteiger charge is -2.25. The quantitative estimate of drug-likeness (QED) is 0.630. The molecule has 1 saturated heterocycles. The highest BCUT2D eigenvalue weighted by Crippen LogP contribution is 2.24. The maximum atomic E-state index is 12.3. The molecule has 0 atom stereocenters. The Labute approximate surface area is 152 Å². The zero-order chi connectivity index (χ0) is 17.8. The van der Waals surface area contributed by atoms with Crippen LogP contribution in [0.4, 0.5) is 10.8 Å². The number of hydrogen-bond donors (Lipinski definition) is 1. The Morgan fingerprint density at radius 3 is 2.92 bits per heavy atom. The minimum absolute atomic E-state index is 0.0424. The van der Waals surface area contributed by atoms with Crippen molar-refractivity contribution in [3.63, 3.8) is 0 Å². The molecule has 132 valence electrons. The summed E-state index contributed by atoms with van der Waals surface area (Å²) in [7, 11) is 0. The van der Waals surface area contributed by atoms with Crippen molar-refractivity contribution in [1.82, 2.24) is 9.88 Å². The summed E-state index contributed by atoms with van der Waals surface area (Å²) in [5.74, 6) is -0.527. The van der Waals surface area contributed by atoms with Crippen LogP contribution in [0.15, 0.2) is 23.6 Å². The van der Waals surface area contributed by atoms with Gasteiger partial charge in [-0.25, -0.2) is 4.98 Å². The molecule has 1 aliphatic rings. The summed E-state index contributed by atoms with van der Waals surface area (Å²) in [6.45, 7) is 3.80. The van der Waals surface area contributed by atoms with Gasteiger partial charge in [-0.05, 0) is 6.07 Å². The van der Waals surface area contributed by atoms with E-state index in [1.54, 1.807) is 0 Å². The maximum Gasteiger partial charge on any atom is 0.270 e. The molecule has 0 saturated carbocycles. The van der Waals surface area contributed by atoms with Crippen molar-refractivity contribution >= 4 is 39.7 Å². The minimum atomic E-state index is -0.572. The zero-order valence-corrected chi connectivity index (χ0v) is 14.7. The van der Waals surface area contributed by atoms with Gasteiger partial charge in [0.05, 0.1) is 34.4 Å². The van der Waals surface area contributed by atoms with E-state index in [1.165, 1.54) is 23.5 Å². The predicted octanol–water partition coefficient (Wildman–Crippen LogP) is 2.79. The Hall–Kier alpha value is -2.07. The number of amides is 1. The highest BCUT2D eigenvalue weighted by Gasteiger charge is 2.18. The van der Waals surface area contributed by atoms with E-state index < -0.39 is 10.8 Å². The Morgan fingerprint density at radius 2 is 2.20 bits per heavy atom. The third-order valence-corrected chi connectivity index (χ3v) is 4.80. The molecule has 1 aliphatic heterocycles. The van der Waals surface area contributed by atoms with E-state index in [4.69, 9.17) is 16.3 Å². The average Bonchev–Trinajstić information content (AvgIpc) is 3.02. The number of benzene rings is 1. The number of ether oxygens (including phenoxy) is 1. The SMILES string of the molecule is O=C(Nc1nc(CN2CCOCC2)cs1)c1cc([N+](=O)[O-])ccc1Cl. The summed E-state index contributed by atoms with van der Waals surface area (Å²) < 4.78 is 5.30. The van der Waals surface area contributed by atoms with Crippen molar-refractivity contribution in [2.75, 3.05) is 31.6 Å². The molecular formula is C15H15ClN4O4S. The first kappa shape index (κ1) is 17.7. The molecule has 0 aliphatic carbocycles. The Bertz CT molecular complexity index is 792. The standard InChI is InChI=1S/C15H15ClN4O4S/c16-13-2-1-11(20(22)23)7-12(13)14(21)18-15-17-10(9-25-15)8-19-3-5-24-6-4-19/h1-2,7,9H,3-6,8H2,(H,17,18,21). The first-order chi connectivity index (χ1) is 12.0. The van der Waals surface area contributed by atoms with Gasteiger partial charge in [-0.1, -0.05) is 11.6 Å². The number of aromatic nitrogens is 1. The predicted molar refractivity (Wildman–Crippen MR) is 94.3 cm³/mol. The van der Waals surface area contributed by atoms with Crippen LogP contribution in [0, 0.1) is 10.1 Å². The smallest absolute Gasteiger partial charge is 0.270 e. The molecule has 10 heteroatoms. The lowest BCUT2D eigenvalue weighted by molar-refractivity contribution is -0.384. The summed E-state index contributed by atoms with van der Waals surface area (Å²) in [5, 5.41) is 15.9. The highest BCUT2D eigenvalue weighted by atomic mass is 35.5. The largest absolute Gasteiger partial charge is 0.379 e. The monoisotopic (exact) mass is 382 g/mol. The fourth-order valence-electron chi connectivity index (χ4n) is 2.39. The number of nitro groups is 1. The van der Waals surface area contributed by atoms with Gasteiger partial charge in [-0.15, -0.1) is 11.3 Å². The van der Waals surface area contributed by atoms with E-state index >= 15 is 0 Å². The lowest BCUT2D eigenvalue weighted by atomic mass is 10.2. The van der Waals surface area contributed by atoms with Crippen LogP contribution in [-0.2, 0) is 11.3 Å². The fourth-order valence-corrected chi connectivity index (χ4v) is 3.29. The molecule has 0 unspecified atom stereocenters. The van der Waals surface area contributed by atoms with Gasteiger partial charge in [0, 0.05) is 37.1 Å². The molecule has 8 nitrogen and oxygen atoms in total. The van der Waals surface area contributed by atoms with Crippen molar-refractivity contribution in [2.45, 2.75) is 6.54 Å². The Kier molecular flexibility index (Phi) is 5.59. The summed E-state index contributed by atoms with van der Waals surface area (Å²) in [6.07, 6.45) is 0. The number of nitrogens with one attached hydrogen (secondary N) is 1. The number of halogens is 1. The molecular weight excluding hydrogens is 368 g/mol. The van der Waals surface area contributed by atoms with Gasteiger partial charge in [0.25, 0.3) is 11.6 Å². The van der Waals surface area contributed by atoms with Gasteiger partial charge in [0.2, 0.25) is 0 Å². The van der Waals surface area contributed by atoms with Gasteiger partial charge in [0.15, 0.2) is 5.13 Å². The molecule has 0 spiro atoms. The number of hydrogen-bond acceptors (Lipinski definition) is 7. The topological polar surface area (TPSA) is 97.6 Å². The molecule has 1 amide bonds. The molecule has 2 aromatic rings. The van der Waals surface area contributed by atoms with E-state index in [-0.39, 0.29) is 16.3 Å². The minimum Gasteiger partial charge on any atom is -0.379 e. The normalized spacial score (nSPS) is 15.1. The number of thiazole rings is 1. The van der Waals surface area contributed by atoms with Crippen molar-refractivity contribution < 1.29 is 14.5 Å². The van der Waals surface area contributed by atoms with Crippen molar-refractivity contribution in [3.05, 3.63) is 50.0 Å². The number of anilines is 1. The molecule has 0 bridgehead atoms. The second kappa shape index (κ2) is 7.87. The van der Waals surface area contributed by atoms with Gasteiger partial charge in [-0.3, -0.25) is 25.1 Å².